The van der Waals surface area contributed by atoms with Gasteiger partial charge >= 0.3 is 0 Å². The van der Waals surface area contributed by atoms with Crippen molar-refractivity contribution < 1.29 is 4.74 Å². The molecular weight excluding hydrogens is 222 g/mol. The van der Waals surface area contributed by atoms with Crippen molar-refractivity contribution in [2.45, 2.75) is 75.9 Å². The first kappa shape index (κ1) is 12.9. The topological polar surface area (TPSA) is 21.3 Å². The zero-order chi connectivity index (χ0) is 12.4. The summed E-state index contributed by atoms with van der Waals surface area (Å²) in [5.74, 6) is 1.84. The normalized spacial score (nSPS) is 40.2. The molecule has 1 aliphatic heterocycles. The predicted molar refractivity (Wildman–Crippen MR) is 74.7 cm³/mol. The number of rotatable bonds is 2. The Labute approximate surface area is 112 Å². The van der Waals surface area contributed by atoms with Gasteiger partial charge in [0.05, 0.1) is 5.60 Å². The summed E-state index contributed by atoms with van der Waals surface area (Å²) in [6, 6.07) is 0.771. The SMILES string of the molecule is CNC1CCCCCC1C1CCOC2(CCC2)C1. The lowest BCUT2D eigenvalue weighted by molar-refractivity contribution is -0.151. The molecule has 1 saturated heterocycles. The van der Waals surface area contributed by atoms with Crippen molar-refractivity contribution >= 4 is 0 Å². The van der Waals surface area contributed by atoms with Crippen LogP contribution in [0.2, 0.25) is 0 Å². The van der Waals surface area contributed by atoms with E-state index in [0.717, 1.165) is 24.5 Å². The van der Waals surface area contributed by atoms with Crippen molar-refractivity contribution in [2.24, 2.45) is 11.8 Å². The van der Waals surface area contributed by atoms with Gasteiger partial charge in [0.1, 0.15) is 0 Å². The average molecular weight is 251 g/mol. The van der Waals surface area contributed by atoms with Crippen LogP contribution in [-0.2, 0) is 4.74 Å². The molecule has 0 bridgehead atoms. The van der Waals surface area contributed by atoms with Gasteiger partial charge in [-0.05, 0) is 63.8 Å². The molecule has 2 aliphatic carbocycles. The van der Waals surface area contributed by atoms with E-state index >= 15 is 0 Å². The van der Waals surface area contributed by atoms with E-state index in [1.165, 1.54) is 64.2 Å². The van der Waals surface area contributed by atoms with Crippen LogP contribution in [0.4, 0.5) is 0 Å². The van der Waals surface area contributed by atoms with Crippen LogP contribution in [0.15, 0.2) is 0 Å². The van der Waals surface area contributed by atoms with Crippen LogP contribution in [0.25, 0.3) is 0 Å². The van der Waals surface area contributed by atoms with Crippen molar-refractivity contribution in [3.8, 4) is 0 Å². The second-order valence-electron chi connectivity index (χ2n) is 6.83. The Bertz CT molecular complexity index is 274. The van der Waals surface area contributed by atoms with Gasteiger partial charge in [-0.2, -0.15) is 0 Å². The van der Waals surface area contributed by atoms with Gasteiger partial charge in [-0.1, -0.05) is 19.3 Å². The Kier molecular flexibility index (Phi) is 3.95. The zero-order valence-corrected chi connectivity index (χ0v) is 11.9. The van der Waals surface area contributed by atoms with Crippen LogP contribution in [0.1, 0.15) is 64.2 Å². The van der Waals surface area contributed by atoms with Gasteiger partial charge in [0.2, 0.25) is 0 Å². The van der Waals surface area contributed by atoms with Crippen molar-refractivity contribution in [2.75, 3.05) is 13.7 Å². The van der Waals surface area contributed by atoms with Crippen LogP contribution in [0.3, 0.4) is 0 Å². The molecule has 0 radical (unpaired) electrons. The molecular formula is C16H29NO. The number of ether oxygens (including phenoxy) is 1. The lowest BCUT2D eigenvalue weighted by atomic mass is 9.67. The minimum atomic E-state index is 0.327. The molecule has 2 saturated carbocycles. The van der Waals surface area contributed by atoms with E-state index in [0.29, 0.717) is 5.60 Å². The molecule has 2 heteroatoms. The summed E-state index contributed by atoms with van der Waals surface area (Å²) in [6.45, 7) is 1.03. The summed E-state index contributed by atoms with van der Waals surface area (Å²) in [4.78, 5) is 0. The maximum absolute atomic E-state index is 6.10. The second kappa shape index (κ2) is 5.50. The van der Waals surface area contributed by atoms with Gasteiger partial charge < -0.3 is 10.1 Å². The van der Waals surface area contributed by atoms with Crippen LogP contribution in [-0.4, -0.2) is 25.3 Å². The third-order valence-electron chi connectivity index (χ3n) is 5.84. The van der Waals surface area contributed by atoms with Crippen LogP contribution >= 0.6 is 0 Å². The third-order valence-corrected chi connectivity index (χ3v) is 5.84. The summed E-state index contributed by atoms with van der Waals surface area (Å²) >= 11 is 0. The van der Waals surface area contributed by atoms with E-state index in [-0.39, 0.29) is 0 Å². The monoisotopic (exact) mass is 251 g/mol. The number of hydrogen-bond donors (Lipinski definition) is 1. The molecule has 1 N–H and O–H groups in total. The standard InChI is InChI=1S/C16H29NO/c1-17-15-7-4-2-3-6-14(15)13-8-11-18-16(12-13)9-5-10-16/h13-15,17H,2-12H2,1H3. The summed E-state index contributed by atoms with van der Waals surface area (Å²) in [7, 11) is 2.17. The first-order valence-electron chi connectivity index (χ1n) is 8.14. The summed E-state index contributed by atoms with van der Waals surface area (Å²) in [5, 5.41) is 3.61. The molecule has 3 unspecified atom stereocenters. The number of hydrogen-bond acceptors (Lipinski definition) is 2. The summed E-state index contributed by atoms with van der Waals surface area (Å²) in [6.07, 6.45) is 13.9. The zero-order valence-electron chi connectivity index (χ0n) is 11.9. The van der Waals surface area contributed by atoms with E-state index in [4.69, 9.17) is 4.74 Å². The van der Waals surface area contributed by atoms with E-state index in [1.54, 1.807) is 0 Å². The molecule has 0 aromatic carbocycles. The minimum Gasteiger partial charge on any atom is -0.375 e. The molecule has 3 rings (SSSR count). The lowest BCUT2D eigenvalue weighted by Crippen LogP contribution is -2.49. The van der Waals surface area contributed by atoms with Crippen LogP contribution < -0.4 is 5.32 Å². The van der Waals surface area contributed by atoms with Crippen LogP contribution in [0, 0.1) is 11.8 Å². The highest BCUT2D eigenvalue weighted by atomic mass is 16.5. The Morgan fingerprint density at radius 1 is 1.00 bits per heavy atom. The van der Waals surface area contributed by atoms with Gasteiger partial charge in [-0.25, -0.2) is 0 Å². The van der Waals surface area contributed by atoms with Crippen molar-refractivity contribution in [3.05, 3.63) is 0 Å². The van der Waals surface area contributed by atoms with Gasteiger partial charge in [-0.3, -0.25) is 0 Å². The highest BCUT2D eigenvalue weighted by Gasteiger charge is 2.45. The van der Waals surface area contributed by atoms with Crippen molar-refractivity contribution in [3.63, 3.8) is 0 Å². The van der Waals surface area contributed by atoms with Crippen LogP contribution in [0.5, 0.6) is 0 Å². The van der Waals surface area contributed by atoms with E-state index in [9.17, 15) is 0 Å². The molecule has 3 fully saturated rings. The van der Waals surface area contributed by atoms with Gasteiger partial charge in [0.25, 0.3) is 0 Å². The molecule has 0 amide bonds. The van der Waals surface area contributed by atoms with Gasteiger partial charge in [0, 0.05) is 12.6 Å². The fraction of sp³-hybridized carbons (Fsp3) is 1.00. The number of nitrogens with one attached hydrogen (secondary N) is 1. The Hall–Kier alpha value is -0.0800. The highest BCUT2D eigenvalue weighted by molar-refractivity contribution is 4.97. The van der Waals surface area contributed by atoms with E-state index in [2.05, 4.69) is 12.4 Å². The van der Waals surface area contributed by atoms with Gasteiger partial charge in [-0.15, -0.1) is 0 Å². The molecule has 1 heterocycles. The van der Waals surface area contributed by atoms with Crippen molar-refractivity contribution in [1.82, 2.24) is 5.32 Å². The van der Waals surface area contributed by atoms with E-state index < -0.39 is 0 Å². The molecule has 104 valence electrons. The maximum Gasteiger partial charge on any atom is 0.0685 e. The minimum absolute atomic E-state index is 0.327. The summed E-state index contributed by atoms with van der Waals surface area (Å²) < 4.78 is 6.10. The largest absolute Gasteiger partial charge is 0.375 e. The maximum atomic E-state index is 6.10. The molecule has 2 nitrogen and oxygen atoms in total. The molecule has 0 aromatic heterocycles. The Morgan fingerprint density at radius 2 is 1.83 bits per heavy atom. The first-order chi connectivity index (χ1) is 8.83. The fourth-order valence-corrected chi connectivity index (χ4v) is 4.61. The third kappa shape index (κ3) is 2.46. The Morgan fingerprint density at radius 3 is 2.56 bits per heavy atom. The average Bonchev–Trinajstić information content (AvgIpc) is 2.62. The molecule has 18 heavy (non-hydrogen) atoms. The second-order valence-corrected chi connectivity index (χ2v) is 6.83. The molecule has 1 spiro atoms. The van der Waals surface area contributed by atoms with Gasteiger partial charge in [0.15, 0.2) is 0 Å². The fourth-order valence-electron chi connectivity index (χ4n) is 4.61. The molecule has 0 aromatic rings. The molecule has 3 aliphatic rings. The van der Waals surface area contributed by atoms with E-state index in [1.807, 2.05) is 0 Å². The lowest BCUT2D eigenvalue weighted by Gasteiger charge is -2.49. The predicted octanol–water partition coefficient (Wildman–Crippen LogP) is 3.50. The smallest absolute Gasteiger partial charge is 0.0685 e. The van der Waals surface area contributed by atoms with Crippen molar-refractivity contribution in [1.29, 1.82) is 0 Å². The Balaban J connectivity index is 1.67. The summed E-state index contributed by atoms with van der Waals surface area (Å²) in [5.41, 5.74) is 0.327. The quantitative estimate of drug-likeness (QED) is 0.758. The highest BCUT2D eigenvalue weighted by Crippen LogP contribution is 2.47. The molecule has 3 atom stereocenters. The first-order valence-corrected chi connectivity index (χ1v) is 8.14.